The molecule has 0 amide bonds. The first-order valence-corrected chi connectivity index (χ1v) is 14.8. The molecule has 6 nitrogen and oxygen atoms in total. The maximum atomic E-state index is 13.9. The van der Waals surface area contributed by atoms with Crippen molar-refractivity contribution < 1.29 is 4.42 Å². The number of aromatic nitrogens is 1. The third-order valence-electron chi connectivity index (χ3n) is 8.67. The first-order chi connectivity index (χ1) is 20.3. The number of nitrogens with zero attached hydrogens (tertiary/aromatic N) is 1. The molecule has 2 heterocycles. The van der Waals surface area contributed by atoms with Crippen molar-refractivity contribution in [2.45, 2.75) is 45.6 Å². The average Bonchev–Trinajstić information content (AvgIpc) is 2.99. The molecule has 212 valence electrons. The van der Waals surface area contributed by atoms with Crippen molar-refractivity contribution in [3.05, 3.63) is 110 Å². The van der Waals surface area contributed by atoms with Gasteiger partial charge in [0.1, 0.15) is 0 Å². The van der Waals surface area contributed by atoms with Gasteiger partial charge in [0.15, 0.2) is 22.0 Å². The molecule has 0 saturated heterocycles. The molecule has 6 aromatic rings. The number of rotatable bonds is 5. The number of nitrogens with one attached hydrogen (secondary N) is 2. The van der Waals surface area contributed by atoms with E-state index in [1.54, 1.807) is 18.2 Å². The molecule has 1 aliphatic heterocycles. The Morgan fingerprint density at radius 1 is 0.857 bits per heavy atom. The molecule has 7 rings (SSSR count). The highest BCUT2D eigenvalue weighted by atomic mass is 16.3. The van der Waals surface area contributed by atoms with Crippen LogP contribution in [0.15, 0.2) is 86.8 Å². The highest BCUT2D eigenvalue weighted by Gasteiger charge is 2.21. The van der Waals surface area contributed by atoms with Crippen LogP contribution in [0.4, 0.5) is 5.69 Å². The lowest BCUT2D eigenvalue weighted by Gasteiger charge is -2.28. The zero-order chi connectivity index (χ0) is 29.0. The van der Waals surface area contributed by atoms with Crippen molar-refractivity contribution in [3.63, 3.8) is 0 Å². The molecule has 1 aromatic heterocycles. The van der Waals surface area contributed by atoms with Gasteiger partial charge in [0.25, 0.3) is 0 Å². The van der Waals surface area contributed by atoms with Gasteiger partial charge in [-0.25, -0.2) is 0 Å². The average molecular weight is 558 g/mol. The zero-order valence-electron chi connectivity index (χ0n) is 24.3. The van der Waals surface area contributed by atoms with E-state index in [-0.39, 0.29) is 16.3 Å². The quantitative estimate of drug-likeness (QED) is 0.134. The van der Waals surface area contributed by atoms with Gasteiger partial charge in [-0.05, 0) is 47.1 Å². The first-order valence-electron chi connectivity index (χ1n) is 14.8. The molecule has 0 aliphatic carbocycles. The third kappa shape index (κ3) is 4.56. The highest BCUT2D eigenvalue weighted by Crippen LogP contribution is 2.33. The van der Waals surface area contributed by atoms with Crippen LogP contribution in [-0.4, -0.2) is 29.5 Å². The summed E-state index contributed by atoms with van der Waals surface area (Å²) in [7, 11) is 0. The fourth-order valence-corrected chi connectivity index (χ4v) is 6.31. The number of hydrogen-bond donors (Lipinski definition) is 2. The lowest BCUT2D eigenvalue weighted by atomic mass is 9.87. The SMILES string of the molecule is CC(C)(C)c1ccc2[nH]c3c(cc(NCCCN4CCc5ccccc5C4)c4c(=O)c5ccccc5c(=O)c43)oc2c1. The van der Waals surface area contributed by atoms with Gasteiger partial charge in [-0.3, -0.25) is 14.5 Å². The minimum absolute atomic E-state index is 0.0379. The van der Waals surface area contributed by atoms with E-state index < -0.39 is 0 Å². The van der Waals surface area contributed by atoms with Crippen molar-refractivity contribution in [1.29, 1.82) is 0 Å². The normalized spacial score (nSPS) is 14.2. The Kier molecular flexibility index (Phi) is 6.39. The van der Waals surface area contributed by atoms with E-state index in [0.29, 0.717) is 50.5 Å². The predicted octanol–water partition coefficient (Wildman–Crippen LogP) is 7.10. The monoisotopic (exact) mass is 557 g/mol. The Bertz CT molecular complexity index is 2120. The molecule has 42 heavy (non-hydrogen) atoms. The largest absolute Gasteiger partial charge is 0.453 e. The van der Waals surface area contributed by atoms with E-state index >= 15 is 0 Å². The van der Waals surface area contributed by atoms with Crippen LogP contribution in [0.1, 0.15) is 43.9 Å². The summed E-state index contributed by atoms with van der Waals surface area (Å²) < 4.78 is 6.45. The lowest BCUT2D eigenvalue weighted by molar-refractivity contribution is 0.253. The second kappa shape index (κ2) is 10.1. The van der Waals surface area contributed by atoms with Crippen LogP contribution in [0.25, 0.3) is 43.7 Å². The van der Waals surface area contributed by atoms with Crippen LogP contribution in [0, 0.1) is 0 Å². The molecule has 6 heteroatoms. The van der Waals surface area contributed by atoms with Crippen molar-refractivity contribution in [2.24, 2.45) is 0 Å². The molecule has 2 N–H and O–H groups in total. The van der Waals surface area contributed by atoms with E-state index in [1.165, 1.54) is 11.1 Å². The number of H-pyrrole nitrogens is 1. The van der Waals surface area contributed by atoms with Gasteiger partial charge >= 0.3 is 0 Å². The Morgan fingerprint density at radius 3 is 2.33 bits per heavy atom. The van der Waals surface area contributed by atoms with Crippen LogP contribution < -0.4 is 16.2 Å². The predicted molar refractivity (Wildman–Crippen MR) is 173 cm³/mol. The summed E-state index contributed by atoms with van der Waals surface area (Å²) in [5.41, 5.74) is 6.87. The fourth-order valence-electron chi connectivity index (χ4n) is 6.31. The second-order valence-corrected chi connectivity index (χ2v) is 12.5. The summed E-state index contributed by atoms with van der Waals surface area (Å²) in [6, 6.07) is 23.7. The number of hydrogen-bond acceptors (Lipinski definition) is 5. The van der Waals surface area contributed by atoms with E-state index in [1.807, 2.05) is 18.2 Å². The minimum atomic E-state index is -0.169. The fraction of sp³-hybridized carbons (Fsp3) is 0.278. The first kappa shape index (κ1) is 26.5. The van der Waals surface area contributed by atoms with Crippen LogP contribution in [-0.2, 0) is 18.4 Å². The van der Waals surface area contributed by atoms with Crippen molar-refractivity contribution in [3.8, 4) is 0 Å². The standard InChI is InChI=1S/C36H35N3O3/c1-36(2,3)24-13-14-27-29(19-24)42-30-20-28(37-16-8-17-39-18-15-22-9-4-5-10-23(22)21-39)31-32(33(30)38-27)35(41)26-12-7-6-11-25(26)34(31)40/h4-7,9-14,19-20,37-38H,8,15-18,21H2,1-3H3. The summed E-state index contributed by atoms with van der Waals surface area (Å²) in [5, 5.41) is 5.17. The minimum Gasteiger partial charge on any atom is -0.453 e. The summed E-state index contributed by atoms with van der Waals surface area (Å²) in [6.07, 6.45) is 1.98. The second-order valence-electron chi connectivity index (χ2n) is 12.5. The van der Waals surface area contributed by atoms with Gasteiger partial charge in [0.05, 0.1) is 21.8 Å². The number of anilines is 1. The molecule has 0 saturated carbocycles. The molecule has 1 aliphatic rings. The topological polar surface area (TPSA) is 78.3 Å². The molecule has 0 bridgehead atoms. The van der Waals surface area contributed by atoms with E-state index in [9.17, 15) is 9.59 Å². The van der Waals surface area contributed by atoms with Crippen molar-refractivity contribution in [2.75, 3.05) is 25.0 Å². The van der Waals surface area contributed by atoms with Crippen molar-refractivity contribution >= 4 is 49.4 Å². The Labute approximate surface area is 244 Å². The molecular formula is C36H35N3O3. The van der Waals surface area contributed by atoms with Crippen LogP contribution >= 0.6 is 0 Å². The van der Waals surface area contributed by atoms with E-state index in [2.05, 4.69) is 72.4 Å². The number of benzene rings is 5. The van der Waals surface area contributed by atoms with Crippen LogP contribution in [0.3, 0.4) is 0 Å². The van der Waals surface area contributed by atoms with Gasteiger partial charge in [-0.1, -0.05) is 75.4 Å². The Morgan fingerprint density at radius 2 is 1.57 bits per heavy atom. The van der Waals surface area contributed by atoms with Crippen LogP contribution in [0.2, 0.25) is 0 Å². The summed E-state index contributed by atoms with van der Waals surface area (Å²) in [5.74, 6) is 0. The van der Waals surface area contributed by atoms with Gasteiger partial charge < -0.3 is 14.7 Å². The maximum Gasteiger partial charge on any atom is 0.196 e. The van der Waals surface area contributed by atoms with Crippen molar-refractivity contribution in [1.82, 2.24) is 9.88 Å². The van der Waals surface area contributed by atoms with Crippen LogP contribution in [0.5, 0.6) is 0 Å². The van der Waals surface area contributed by atoms with E-state index in [0.717, 1.165) is 43.6 Å². The van der Waals surface area contributed by atoms with Gasteiger partial charge in [0, 0.05) is 48.7 Å². The summed E-state index contributed by atoms with van der Waals surface area (Å²) >= 11 is 0. The zero-order valence-corrected chi connectivity index (χ0v) is 24.3. The summed E-state index contributed by atoms with van der Waals surface area (Å²) in [4.78, 5) is 33.7. The third-order valence-corrected chi connectivity index (χ3v) is 8.67. The van der Waals surface area contributed by atoms with E-state index in [4.69, 9.17) is 4.42 Å². The maximum absolute atomic E-state index is 13.9. The van der Waals surface area contributed by atoms with Gasteiger partial charge in [-0.2, -0.15) is 0 Å². The Hall–Kier alpha value is -4.42. The molecular weight excluding hydrogens is 522 g/mol. The van der Waals surface area contributed by atoms with Gasteiger partial charge in [-0.15, -0.1) is 0 Å². The van der Waals surface area contributed by atoms with Gasteiger partial charge in [0.2, 0.25) is 0 Å². The number of aromatic amines is 1. The Balaban J connectivity index is 1.30. The molecule has 0 unspecified atom stereocenters. The molecule has 5 aromatic carbocycles. The highest BCUT2D eigenvalue weighted by molar-refractivity contribution is 6.14. The molecule has 0 atom stereocenters. The molecule has 0 spiro atoms. The lowest BCUT2D eigenvalue weighted by Crippen LogP contribution is -2.32. The smallest absolute Gasteiger partial charge is 0.196 e. The number of fused-ring (bicyclic) bond motifs is 6. The summed E-state index contributed by atoms with van der Waals surface area (Å²) in [6.45, 7) is 10.1. The molecule has 0 radical (unpaired) electrons. The molecule has 0 fully saturated rings.